The van der Waals surface area contributed by atoms with Crippen LogP contribution in [0.1, 0.15) is 11.1 Å². The standard InChI is InChI=1S/C26H25N5O3/c1-29-15-19(24-21(29)7-4-8-27-24)23-22(25(32)28-26(23)33)18-16-31(20-6-3-2-5-17(18)20)10-9-30-11-13-34-14-12-30/h2-8,15-16H,9-14H2,1H3,(H,28,32,33). The normalized spacial score (nSPS) is 17.3. The van der Waals surface area contributed by atoms with E-state index in [2.05, 4.69) is 25.8 Å². The Morgan fingerprint density at radius 2 is 1.65 bits per heavy atom. The number of ether oxygens (including phenoxy) is 1. The summed E-state index contributed by atoms with van der Waals surface area (Å²) in [6.07, 6.45) is 5.60. The second-order valence-corrected chi connectivity index (χ2v) is 8.77. The number of pyridine rings is 1. The number of hydrogen-bond donors (Lipinski definition) is 1. The summed E-state index contributed by atoms with van der Waals surface area (Å²) in [4.78, 5) is 33.1. The van der Waals surface area contributed by atoms with Gasteiger partial charge in [0, 0.05) is 73.8 Å². The summed E-state index contributed by atoms with van der Waals surface area (Å²) in [6.45, 7) is 5.05. The quantitative estimate of drug-likeness (QED) is 0.468. The lowest BCUT2D eigenvalue weighted by molar-refractivity contribution is -0.122. The molecule has 1 aromatic carbocycles. The Balaban J connectivity index is 1.50. The van der Waals surface area contributed by atoms with Crippen molar-refractivity contribution in [2.75, 3.05) is 32.8 Å². The SMILES string of the molecule is Cn1cc(C2=C(c3cn(CCN4CCOCC4)c4ccccc34)C(=O)NC2=O)c2ncccc21. The first kappa shape index (κ1) is 20.8. The summed E-state index contributed by atoms with van der Waals surface area (Å²) < 4.78 is 9.58. The lowest BCUT2D eigenvalue weighted by Gasteiger charge is -2.26. The van der Waals surface area contributed by atoms with Crippen molar-refractivity contribution >= 4 is 44.9 Å². The number of carbonyl (C=O) groups is 2. The summed E-state index contributed by atoms with van der Waals surface area (Å²) >= 11 is 0. The van der Waals surface area contributed by atoms with Crippen LogP contribution < -0.4 is 5.32 Å². The molecule has 0 spiro atoms. The molecule has 8 nitrogen and oxygen atoms in total. The van der Waals surface area contributed by atoms with Gasteiger partial charge in [-0.3, -0.25) is 24.8 Å². The number of para-hydroxylation sites is 1. The molecule has 0 saturated carbocycles. The Labute approximate surface area is 196 Å². The topological polar surface area (TPSA) is 81.4 Å². The fraction of sp³-hybridized carbons (Fsp3) is 0.269. The van der Waals surface area contributed by atoms with Crippen molar-refractivity contribution < 1.29 is 14.3 Å². The average Bonchev–Trinajstić information content (AvgIpc) is 3.49. The van der Waals surface area contributed by atoms with Gasteiger partial charge >= 0.3 is 0 Å². The van der Waals surface area contributed by atoms with Crippen molar-refractivity contribution in [2.24, 2.45) is 7.05 Å². The Morgan fingerprint density at radius 3 is 2.47 bits per heavy atom. The van der Waals surface area contributed by atoms with Gasteiger partial charge in [-0.05, 0) is 18.2 Å². The van der Waals surface area contributed by atoms with Crippen molar-refractivity contribution in [1.29, 1.82) is 0 Å². The molecule has 3 aromatic heterocycles. The van der Waals surface area contributed by atoms with Crippen LogP contribution in [0.2, 0.25) is 0 Å². The van der Waals surface area contributed by atoms with E-state index < -0.39 is 0 Å². The molecule has 0 unspecified atom stereocenters. The first-order chi connectivity index (χ1) is 16.6. The molecule has 0 atom stereocenters. The van der Waals surface area contributed by atoms with Crippen LogP contribution in [0.4, 0.5) is 0 Å². The smallest absolute Gasteiger partial charge is 0.259 e. The van der Waals surface area contributed by atoms with Crippen LogP contribution >= 0.6 is 0 Å². The number of amides is 2. The fourth-order valence-corrected chi connectivity index (χ4v) is 5.07. The van der Waals surface area contributed by atoms with Crippen LogP contribution in [0.3, 0.4) is 0 Å². The number of morpholine rings is 1. The van der Waals surface area contributed by atoms with Gasteiger partial charge in [0.05, 0.1) is 35.4 Å². The lowest BCUT2D eigenvalue weighted by atomic mass is 9.97. The molecule has 0 aliphatic carbocycles. The summed E-state index contributed by atoms with van der Waals surface area (Å²) in [5, 5.41) is 3.48. The summed E-state index contributed by atoms with van der Waals surface area (Å²) in [5.74, 6) is -0.757. The van der Waals surface area contributed by atoms with Crippen molar-refractivity contribution in [1.82, 2.24) is 24.3 Å². The maximum absolute atomic E-state index is 13.1. The predicted molar refractivity (Wildman–Crippen MR) is 130 cm³/mol. The molecule has 2 aliphatic rings. The number of fused-ring (bicyclic) bond motifs is 2. The van der Waals surface area contributed by atoms with E-state index in [4.69, 9.17) is 4.74 Å². The van der Waals surface area contributed by atoms with Gasteiger partial charge in [-0.25, -0.2) is 0 Å². The van der Waals surface area contributed by atoms with Gasteiger partial charge in [-0.2, -0.15) is 0 Å². The molecule has 0 bridgehead atoms. The molecular weight excluding hydrogens is 430 g/mol. The van der Waals surface area contributed by atoms with Gasteiger partial charge in [0.2, 0.25) is 0 Å². The number of aromatic nitrogens is 3. The van der Waals surface area contributed by atoms with Crippen LogP contribution in [-0.2, 0) is 27.9 Å². The molecule has 172 valence electrons. The third-order valence-electron chi connectivity index (χ3n) is 6.76. The van der Waals surface area contributed by atoms with Gasteiger partial charge in [0.25, 0.3) is 11.8 Å². The zero-order chi connectivity index (χ0) is 23.2. The number of nitrogens with zero attached hydrogens (tertiary/aromatic N) is 4. The van der Waals surface area contributed by atoms with Gasteiger partial charge in [-0.1, -0.05) is 18.2 Å². The molecule has 1 saturated heterocycles. The first-order valence-corrected chi connectivity index (χ1v) is 11.5. The number of imide groups is 1. The van der Waals surface area contributed by atoms with E-state index in [-0.39, 0.29) is 11.8 Å². The monoisotopic (exact) mass is 455 g/mol. The lowest BCUT2D eigenvalue weighted by Crippen LogP contribution is -2.38. The molecule has 34 heavy (non-hydrogen) atoms. The van der Waals surface area contributed by atoms with Crippen LogP contribution in [0, 0.1) is 0 Å². The highest BCUT2D eigenvalue weighted by atomic mass is 16.5. The minimum Gasteiger partial charge on any atom is -0.379 e. The molecular formula is C26H25N5O3. The molecule has 2 amide bonds. The van der Waals surface area contributed by atoms with Gasteiger partial charge < -0.3 is 13.9 Å². The third-order valence-corrected chi connectivity index (χ3v) is 6.76. The summed E-state index contributed by atoms with van der Waals surface area (Å²) in [5.41, 5.74) is 4.88. The van der Waals surface area contributed by atoms with Gasteiger partial charge in [0.15, 0.2) is 0 Å². The van der Waals surface area contributed by atoms with Crippen LogP contribution in [0.5, 0.6) is 0 Å². The minimum atomic E-state index is -0.386. The maximum atomic E-state index is 13.1. The van der Waals surface area contributed by atoms with Crippen molar-refractivity contribution in [3.8, 4) is 0 Å². The summed E-state index contributed by atoms with van der Waals surface area (Å²) in [7, 11) is 1.92. The number of carbonyl (C=O) groups excluding carboxylic acids is 2. The zero-order valence-electron chi connectivity index (χ0n) is 19.0. The number of benzene rings is 1. The molecule has 2 aliphatic heterocycles. The van der Waals surface area contributed by atoms with Crippen molar-refractivity contribution in [2.45, 2.75) is 6.54 Å². The Hall–Kier alpha value is -3.75. The van der Waals surface area contributed by atoms with Gasteiger partial charge in [0.1, 0.15) is 0 Å². The molecule has 5 heterocycles. The van der Waals surface area contributed by atoms with Crippen LogP contribution in [0.15, 0.2) is 55.0 Å². The average molecular weight is 456 g/mol. The zero-order valence-corrected chi connectivity index (χ0v) is 19.0. The van der Waals surface area contributed by atoms with E-state index >= 15 is 0 Å². The highest BCUT2D eigenvalue weighted by Gasteiger charge is 2.35. The molecule has 6 rings (SSSR count). The highest BCUT2D eigenvalue weighted by Crippen LogP contribution is 2.38. The van der Waals surface area contributed by atoms with Gasteiger partial charge in [-0.15, -0.1) is 0 Å². The van der Waals surface area contributed by atoms with Crippen LogP contribution in [-0.4, -0.2) is 63.7 Å². The first-order valence-electron chi connectivity index (χ1n) is 11.5. The molecule has 4 aromatic rings. The van der Waals surface area contributed by atoms with Crippen LogP contribution in [0.25, 0.3) is 33.1 Å². The maximum Gasteiger partial charge on any atom is 0.259 e. The van der Waals surface area contributed by atoms with E-state index in [0.717, 1.165) is 61.4 Å². The van der Waals surface area contributed by atoms with E-state index in [1.807, 2.05) is 54.3 Å². The molecule has 1 fully saturated rings. The van der Waals surface area contributed by atoms with E-state index in [1.165, 1.54) is 0 Å². The second kappa shape index (κ2) is 8.23. The number of hydrogen-bond acceptors (Lipinski definition) is 5. The fourth-order valence-electron chi connectivity index (χ4n) is 5.07. The Morgan fingerprint density at radius 1 is 0.912 bits per heavy atom. The summed E-state index contributed by atoms with van der Waals surface area (Å²) in [6, 6.07) is 11.9. The highest BCUT2D eigenvalue weighted by molar-refractivity contribution is 6.50. The molecule has 0 radical (unpaired) electrons. The third kappa shape index (κ3) is 3.34. The number of nitrogens with one attached hydrogen (secondary N) is 1. The van der Waals surface area contributed by atoms with E-state index in [1.54, 1.807) is 6.20 Å². The number of rotatable bonds is 5. The minimum absolute atomic E-state index is 0.371. The largest absolute Gasteiger partial charge is 0.379 e. The molecule has 8 heteroatoms. The molecule has 1 N–H and O–H groups in total. The van der Waals surface area contributed by atoms with Crippen molar-refractivity contribution in [3.63, 3.8) is 0 Å². The number of aryl methyl sites for hydroxylation is 1. The Bertz CT molecular complexity index is 1470. The second-order valence-electron chi connectivity index (χ2n) is 8.77. The predicted octanol–water partition coefficient (Wildman–Crippen LogP) is 2.43. The Kier molecular flexibility index (Phi) is 5.04. The van der Waals surface area contributed by atoms with E-state index in [9.17, 15) is 9.59 Å². The van der Waals surface area contributed by atoms with E-state index in [0.29, 0.717) is 22.2 Å². The van der Waals surface area contributed by atoms with Crippen molar-refractivity contribution in [3.05, 3.63) is 66.1 Å².